The second-order valence-electron chi connectivity index (χ2n) is 5.68. The highest BCUT2D eigenvalue weighted by Gasteiger charge is 2.44. The van der Waals surface area contributed by atoms with Gasteiger partial charge in [0, 0.05) is 11.9 Å². The number of nitrogen functional groups attached to an aromatic ring is 1. The molecule has 26 heavy (non-hydrogen) atoms. The minimum atomic E-state index is -1.40. The Morgan fingerprint density at radius 3 is 2.69 bits per heavy atom. The van der Waals surface area contributed by atoms with Crippen LogP contribution < -0.4 is 16.7 Å². The molecule has 2 unspecified atom stereocenters. The summed E-state index contributed by atoms with van der Waals surface area (Å²) in [5, 5.41) is 22.7. The molecular weight excluding hydrogens is 344 g/mol. The molecule has 10 heteroatoms. The number of aliphatic hydroxyl groups is 2. The van der Waals surface area contributed by atoms with E-state index in [1.54, 1.807) is 30.3 Å². The summed E-state index contributed by atoms with van der Waals surface area (Å²) < 4.78 is 11.5. The van der Waals surface area contributed by atoms with Gasteiger partial charge in [0.05, 0.1) is 0 Å². The predicted molar refractivity (Wildman–Crippen MR) is 90.2 cm³/mol. The molecule has 2 heterocycles. The molecule has 2 aromatic rings. The number of ether oxygens (including phenoxy) is 2. The fourth-order valence-electron chi connectivity index (χ4n) is 2.55. The van der Waals surface area contributed by atoms with Gasteiger partial charge in [-0.1, -0.05) is 18.2 Å². The number of benzene rings is 1. The largest absolute Gasteiger partial charge is 0.446 e. The van der Waals surface area contributed by atoms with E-state index >= 15 is 0 Å². The minimum Gasteiger partial charge on any atom is -0.446 e. The van der Waals surface area contributed by atoms with Crippen molar-refractivity contribution in [2.24, 2.45) is 0 Å². The van der Waals surface area contributed by atoms with Crippen LogP contribution in [0.4, 0.5) is 16.3 Å². The first kappa shape index (κ1) is 17.9. The SMILES string of the molecule is Nc1ccn([C@@H]2O[C@H](COC(=O)Nc3ccccc3)C(O)C2O)c(=O)n1. The molecule has 10 nitrogen and oxygen atoms in total. The zero-order valence-electron chi connectivity index (χ0n) is 13.6. The Morgan fingerprint density at radius 1 is 1.27 bits per heavy atom. The number of aliphatic hydroxyl groups excluding tert-OH is 2. The fraction of sp³-hybridized carbons (Fsp3) is 0.312. The second kappa shape index (κ2) is 7.52. The van der Waals surface area contributed by atoms with Crippen molar-refractivity contribution >= 4 is 17.6 Å². The van der Waals surface area contributed by atoms with Gasteiger partial charge in [0.1, 0.15) is 30.7 Å². The zero-order valence-corrected chi connectivity index (χ0v) is 13.6. The first-order valence-electron chi connectivity index (χ1n) is 7.81. The van der Waals surface area contributed by atoms with Gasteiger partial charge in [-0.3, -0.25) is 9.88 Å². The third-order valence-corrected chi connectivity index (χ3v) is 3.86. The Balaban J connectivity index is 1.61. The molecule has 0 saturated carbocycles. The molecule has 1 aliphatic rings. The van der Waals surface area contributed by atoms with Crippen LogP contribution in [0.5, 0.6) is 0 Å². The first-order valence-corrected chi connectivity index (χ1v) is 7.81. The predicted octanol–water partition coefficient (Wildman–Crippen LogP) is -0.307. The normalized spacial score (nSPS) is 25.0. The molecule has 1 aromatic heterocycles. The third-order valence-electron chi connectivity index (χ3n) is 3.86. The summed E-state index contributed by atoms with van der Waals surface area (Å²) in [7, 11) is 0. The Morgan fingerprint density at radius 2 is 2.00 bits per heavy atom. The van der Waals surface area contributed by atoms with Crippen LogP contribution in [0.25, 0.3) is 0 Å². The van der Waals surface area contributed by atoms with Gasteiger partial charge in [-0.25, -0.2) is 9.59 Å². The van der Waals surface area contributed by atoms with Gasteiger partial charge in [0.2, 0.25) is 0 Å². The highest BCUT2D eigenvalue weighted by molar-refractivity contribution is 5.84. The number of anilines is 2. The number of rotatable bonds is 4. The Kier molecular flexibility index (Phi) is 5.16. The lowest BCUT2D eigenvalue weighted by molar-refractivity contribution is -0.0559. The van der Waals surface area contributed by atoms with Crippen LogP contribution in [0.15, 0.2) is 47.4 Å². The van der Waals surface area contributed by atoms with E-state index in [4.69, 9.17) is 15.2 Å². The number of nitrogens with two attached hydrogens (primary N) is 1. The molecule has 4 atom stereocenters. The average Bonchev–Trinajstić information content (AvgIpc) is 2.89. The number of carbonyl (C=O) groups excluding carboxylic acids is 1. The van der Waals surface area contributed by atoms with Crippen molar-refractivity contribution in [1.29, 1.82) is 0 Å². The van der Waals surface area contributed by atoms with Crippen molar-refractivity contribution in [2.75, 3.05) is 17.7 Å². The summed E-state index contributed by atoms with van der Waals surface area (Å²) in [6.45, 7) is -0.315. The molecule has 1 aliphatic heterocycles. The summed E-state index contributed by atoms with van der Waals surface area (Å²) in [4.78, 5) is 27.2. The van der Waals surface area contributed by atoms with Crippen molar-refractivity contribution in [3.8, 4) is 0 Å². The lowest BCUT2D eigenvalue weighted by Crippen LogP contribution is -2.36. The number of hydrogen-bond acceptors (Lipinski definition) is 8. The summed E-state index contributed by atoms with van der Waals surface area (Å²) in [6, 6.07) is 10.0. The van der Waals surface area contributed by atoms with Crippen LogP contribution in [0.3, 0.4) is 0 Å². The van der Waals surface area contributed by atoms with E-state index in [-0.39, 0.29) is 12.4 Å². The average molecular weight is 362 g/mol. The zero-order chi connectivity index (χ0) is 18.7. The van der Waals surface area contributed by atoms with Gasteiger partial charge in [0.25, 0.3) is 0 Å². The quantitative estimate of drug-likeness (QED) is 0.579. The molecule has 5 N–H and O–H groups in total. The third kappa shape index (κ3) is 3.82. The molecule has 138 valence electrons. The second-order valence-corrected chi connectivity index (χ2v) is 5.68. The van der Waals surface area contributed by atoms with Crippen LogP contribution in [-0.4, -0.2) is 50.8 Å². The number of aromatic nitrogens is 2. The van der Waals surface area contributed by atoms with Crippen molar-refractivity contribution in [3.05, 3.63) is 53.1 Å². The van der Waals surface area contributed by atoms with Crippen molar-refractivity contribution in [2.45, 2.75) is 24.5 Å². The Hall–Kier alpha value is -2.95. The smallest absolute Gasteiger partial charge is 0.411 e. The molecule has 0 spiro atoms. The number of nitrogens with zero attached hydrogens (tertiary/aromatic N) is 2. The van der Waals surface area contributed by atoms with Gasteiger partial charge in [-0.05, 0) is 18.2 Å². The minimum absolute atomic E-state index is 0.0248. The van der Waals surface area contributed by atoms with Crippen LogP contribution in [0.1, 0.15) is 6.23 Å². The number of hydrogen-bond donors (Lipinski definition) is 4. The first-order chi connectivity index (χ1) is 12.5. The summed E-state index contributed by atoms with van der Waals surface area (Å²) in [5.74, 6) is 0.0248. The van der Waals surface area contributed by atoms with Gasteiger partial charge >= 0.3 is 11.8 Å². The van der Waals surface area contributed by atoms with Gasteiger partial charge in [-0.2, -0.15) is 4.98 Å². The highest BCUT2D eigenvalue weighted by Crippen LogP contribution is 2.28. The Labute approximate surface area is 147 Å². The van der Waals surface area contributed by atoms with Crippen molar-refractivity contribution in [3.63, 3.8) is 0 Å². The van der Waals surface area contributed by atoms with Crippen LogP contribution >= 0.6 is 0 Å². The van der Waals surface area contributed by atoms with E-state index < -0.39 is 36.3 Å². The molecule has 0 bridgehead atoms. The summed E-state index contributed by atoms with van der Waals surface area (Å²) in [5.41, 5.74) is 5.23. The van der Waals surface area contributed by atoms with Crippen molar-refractivity contribution in [1.82, 2.24) is 9.55 Å². The maximum Gasteiger partial charge on any atom is 0.411 e. The topological polar surface area (TPSA) is 149 Å². The number of amides is 1. The van der Waals surface area contributed by atoms with Crippen LogP contribution in [0, 0.1) is 0 Å². The lowest BCUT2D eigenvalue weighted by Gasteiger charge is -2.16. The van der Waals surface area contributed by atoms with Crippen LogP contribution in [0.2, 0.25) is 0 Å². The molecule has 1 fully saturated rings. The van der Waals surface area contributed by atoms with Gasteiger partial charge in [0.15, 0.2) is 6.23 Å². The monoisotopic (exact) mass is 362 g/mol. The van der Waals surface area contributed by atoms with E-state index in [2.05, 4.69) is 10.3 Å². The molecule has 1 amide bonds. The maximum absolute atomic E-state index is 11.9. The van der Waals surface area contributed by atoms with E-state index in [0.717, 1.165) is 4.57 Å². The van der Waals surface area contributed by atoms with Gasteiger partial charge in [-0.15, -0.1) is 0 Å². The van der Waals surface area contributed by atoms with E-state index in [9.17, 15) is 19.8 Å². The molecule has 1 saturated heterocycles. The highest BCUT2D eigenvalue weighted by atomic mass is 16.6. The molecule has 0 radical (unpaired) electrons. The molecule has 3 rings (SSSR count). The fourth-order valence-corrected chi connectivity index (χ4v) is 2.55. The molecule has 1 aromatic carbocycles. The van der Waals surface area contributed by atoms with E-state index in [1.165, 1.54) is 12.3 Å². The number of para-hydroxylation sites is 1. The van der Waals surface area contributed by atoms with Crippen molar-refractivity contribution < 1.29 is 24.5 Å². The number of nitrogens with one attached hydrogen (secondary N) is 1. The van der Waals surface area contributed by atoms with E-state index in [0.29, 0.717) is 5.69 Å². The standard InChI is InChI=1S/C16H18N4O6/c17-11-6-7-20(15(23)19-11)14-13(22)12(21)10(26-14)8-25-16(24)18-9-4-2-1-3-5-9/h1-7,10,12-14,21-22H,8H2,(H,18,24)(H2,17,19,23)/t10-,12?,13?,14-/m1/s1. The van der Waals surface area contributed by atoms with E-state index in [1.807, 2.05) is 0 Å². The maximum atomic E-state index is 11.9. The Bertz CT molecular complexity index is 827. The lowest BCUT2D eigenvalue weighted by atomic mass is 10.1. The summed E-state index contributed by atoms with van der Waals surface area (Å²) in [6.07, 6.45) is -4.37. The number of carbonyl (C=O) groups is 1. The van der Waals surface area contributed by atoms with Gasteiger partial charge < -0.3 is 25.4 Å². The summed E-state index contributed by atoms with van der Waals surface area (Å²) >= 11 is 0. The molecule has 0 aliphatic carbocycles. The van der Waals surface area contributed by atoms with Crippen LogP contribution in [-0.2, 0) is 9.47 Å². The molecular formula is C16H18N4O6.